The molecule has 2 saturated heterocycles. The van der Waals surface area contributed by atoms with Crippen LogP contribution in [0, 0.1) is 0 Å². The van der Waals surface area contributed by atoms with E-state index in [0.717, 1.165) is 13.0 Å². The molecule has 4 nitrogen and oxygen atoms in total. The molecular formula is C11H20N2O2. The first-order chi connectivity index (χ1) is 6.87. The lowest BCUT2D eigenvalue weighted by atomic mass is 10.1. The van der Waals surface area contributed by atoms with E-state index in [1.165, 1.54) is 0 Å². The molecule has 2 aliphatic rings. The molecule has 2 aliphatic heterocycles. The van der Waals surface area contributed by atoms with Gasteiger partial charge in [-0.3, -0.25) is 0 Å². The second kappa shape index (κ2) is 3.37. The first-order valence-corrected chi connectivity index (χ1v) is 5.62. The molecule has 15 heavy (non-hydrogen) atoms. The average molecular weight is 212 g/mol. The molecule has 0 saturated carbocycles. The molecule has 2 bridgehead atoms. The van der Waals surface area contributed by atoms with Gasteiger partial charge in [-0.1, -0.05) is 0 Å². The maximum atomic E-state index is 11.9. The molecule has 4 heteroatoms. The number of nitrogens with one attached hydrogen (secondary N) is 1. The van der Waals surface area contributed by atoms with Crippen molar-refractivity contribution >= 4 is 6.09 Å². The van der Waals surface area contributed by atoms with Gasteiger partial charge < -0.3 is 15.0 Å². The van der Waals surface area contributed by atoms with Gasteiger partial charge in [0, 0.05) is 18.6 Å². The van der Waals surface area contributed by atoms with Crippen LogP contribution in [0.15, 0.2) is 0 Å². The first-order valence-electron chi connectivity index (χ1n) is 5.62. The topological polar surface area (TPSA) is 41.6 Å². The van der Waals surface area contributed by atoms with Crippen molar-refractivity contribution in [3.8, 4) is 0 Å². The van der Waals surface area contributed by atoms with E-state index in [2.05, 4.69) is 12.2 Å². The Labute approximate surface area is 91.0 Å². The number of carbonyl (C=O) groups is 1. The molecule has 0 spiro atoms. The lowest BCUT2D eigenvalue weighted by molar-refractivity contribution is 0.0172. The monoisotopic (exact) mass is 212 g/mol. The number of piperazine rings is 1. The van der Waals surface area contributed by atoms with E-state index >= 15 is 0 Å². The van der Waals surface area contributed by atoms with Crippen LogP contribution < -0.4 is 5.32 Å². The predicted octanol–water partition coefficient (Wildman–Crippen LogP) is 1.36. The van der Waals surface area contributed by atoms with E-state index in [9.17, 15) is 4.79 Å². The smallest absolute Gasteiger partial charge is 0.410 e. The predicted molar refractivity (Wildman–Crippen MR) is 57.7 cm³/mol. The summed E-state index contributed by atoms with van der Waals surface area (Å²) >= 11 is 0. The van der Waals surface area contributed by atoms with Gasteiger partial charge in [0.2, 0.25) is 0 Å². The van der Waals surface area contributed by atoms with Gasteiger partial charge in [0.25, 0.3) is 0 Å². The van der Waals surface area contributed by atoms with Crippen molar-refractivity contribution in [3.05, 3.63) is 0 Å². The molecule has 0 aromatic rings. The van der Waals surface area contributed by atoms with Crippen molar-refractivity contribution in [2.24, 2.45) is 0 Å². The number of fused-ring (bicyclic) bond motifs is 2. The summed E-state index contributed by atoms with van der Waals surface area (Å²) in [4.78, 5) is 13.7. The van der Waals surface area contributed by atoms with Crippen LogP contribution in [0.4, 0.5) is 4.79 Å². The van der Waals surface area contributed by atoms with Gasteiger partial charge in [-0.15, -0.1) is 0 Å². The van der Waals surface area contributed by atoms with Crippen LogP contribution in [0.2, 0.25) is 0 Å². The summed E-state index contributed by atoms with van der Waals surface area (Å²) in [5, 5.41) is 3.45. The number of ether oxygens (including phenoxy) is 1. The quantitative estimate of drug-likeness (QED) is 0.659. The van der Waals surface area contributed by atoms with Crippen molar-refractivity contribution in [2.45, 2.75) is 57.8 Å². The number of hydrogen-bond donors (Lipinski definition) is 1. The van der Waals surface area contributed by atoms with Crippen LogP contribution in [0.3, 0.4) is 0 Å². The van der Waals surface area contributed by atoms with Crippen molar-refractivity contribution < 1.29 is 9.53 Å². The lowest BCUT2D eigenvalue weighted by Gasteiger charge is -2.33. The van der Waals surface area contributed by atoms with Crippen LogP contribution in [0.5, 0.6) is 0 Å². The van der Waals surface area contributed by atoms with E-state index in [0.29, 0.717) is 18.1 Å². The van der Waals surface area contributed by atoms with Crippen LogP contribution in [0.1, 0.15) is 34.1 Å². The van der Waals surface area contributed by atoms with Gasteiger partial charge in [-0.2, -0.15) is 0 Å². The highest BCUT2D eigenvalue weighted by Crippen LogP contribution is 2.29. The number of hydrogen-bond acceptors (Lipinski definition) is 3. The minimum absolute atomic E-state index is 0.164. The van der Waals surface area contributed by atoms with E-state index in [-0.39, 0.29) is 6.09 Å². The summed E-state index contributed by atoms with van der Waals surface area (Å²) < 4.78 is 5.38. The second-order valence-corrected chi connectivity index (χ2v) is 5.59. The third-order valence-corrected chi connectivity index (χ3v) is 3.05. The lowest BCUT2D eigenvalue weighted by Crippen LogP contribution is -2.52. The van der Waals surface area contributed by atoms with Crippen molar-refractivity contribution in [2.75, 3.05) is 6.54 Å². The summed E-state index contributed by atoms with van der Waals surface area (Å²) in [5.74, 6) is 0. The third-order valence-electron chi connectivity index (χ3n) is 3.05. The van der Waals surface area contributed by atoms with Gasteiger partial charge in [0.15, 0.2) is 0 Å². The van der Waals surface area contributed by atoms with E-state index in [1.807, 2.05) is 25.7 Å². The fourth-order valence-electron chi connectivity index (χ4n) is 2.47. The zero-order valence-electron chi connectivity index (χ0n) is 9.91. The van der Waals surface area contributed by atoms with Crippen molar-refractivity contribution in [3.63, 3.8) is 0 Å². The van der Waals surface area contributed by atoms with E-state index < -0.39 is 5.60 Å². The Balaban J connectivity index is 1.98. The molecule has 0 aromatic carbocycles. The van der Waals surface area contributed by atoms with E-state index in [4.69, 9.17) is 4.74 Å². The molecule has 3 atom stereocenters. The molecule has 0 unspecified atom stereocenters. The summed E-state index contributed by atoms with van der Waals surface area (Å²) in [5.41, 5.74) is -0.393. The summed E-state index contributed by atoms with van der Waals surface area (Å²) in [7, 11) is 0. The molecule has 0 aliphatic carbocycles. The van der Waals surface area contributed by atoms with Gasteiger partial charge in [-0.05, 0) is 34.1 Å². The molecule has 2 heterocycles. The fraction of sp³-hybridized carbons (Fsp3) is 0.909. The van der Waals surface area contributed by atoms with Crippen LogP contribution in [-0.2, 0) is 4.74 Å². The SMILES string of the molecule is C[C@@H]1N[C@H]2C[C@@H]1N(C(=O)OC(C)(C)C)C2. The van der Waals surface area contributed by atoms with Gasteiger partial charge >= 0.3 is 6.09 Å². The van der Waals surface area contributed by atoms with Crippen LogP contribution in [0.25, 0.3) is 0 Å². The highest BCUT2D eigenvalue weighted by molar-refractivity contribution is 5.69. The summed E-state index contributed by atoms with van der Waals surface area (Å²) in [6.45, 7) is 8.63. The number of amides is 1. The van der Waals surface area contributed by atoms with Crippen molar-refractivity contribution in [1.82, 2.24) is 10.2 Å². The number of carbonyl (C=O) groups excluding carboxylic acids is 1. The molecule has 1 N–H and O–H groups in total. The zero-order chi connectivity index (χ0) is 11.2. The molecule has 0 aromatic heterocycles. The van der Waals surface area contributed by atoms with Crippen LogP contribution in [-0.4, -0.2) is 41.3 Å². The Bertz CT molecular complexity index is 272. The summed E-state index contributed by atoms with van der Waals surface area (Å²) in [6, 6.07) is 1.19. The normalized spacial score (nSPS) is 34.7. The maximum Gasteiger partial charge on any atom is 0.410 e. The van der Waals surface area contributed by atoms with Gasteiger partial charge in [0.1, 0.15) is 5.60 Å². The molecule has 0 radical (unpaired) electrons. The number of nitrogens with zero attached hydrogens (tertiary/aromatic N) is 1. The summed E-state index contributed by atoms with van der Waals surface area (Å²) in [6.07, 6.45) is 0.906. The molecule has 1 amide bonds. The molecule has 86 valence electrons. The number of likely N-dealkylation sites (tertiary alicyclic amines) is 1. The number of rotatable bonds is 0. The molecular weight excluding hydrogens is 192 g/mol. The van der Waals surface area contributed by atoms with E-state index in [1.54, 1.807) is 0 Å². The Hall–Kier alpha value is -0.770. The van der Waals surface area contributed by atoms with Crippen LogP contribution >= 0.6 is 0 Å². The third kappa shape index (κ3) is 2.09. The largest absolute Gasteiger partial charge is 0.444 e. The Morgan fingerprint density at radius 2 is 2.13 bits per heavy atom. The Morgan fingerprint density at radius 1 is 1.47 bits per heavy atom. The minimum atomic E-state index is -0.393. The average Bonchev–Trinajstić information content (AvgIpc) is 2.58. The van der Waals surface area contributed by atoms with Gasteiger partial charge in [-0.25, -0.2) is 4.79 Å². The highest BCUT2D eigenvalue weighted by Gasteiger charge is 2.45. The van der Waals surface area contributed by atoms with Crippen molar-refractivity contribution in [1.29, 1.82) is 0 Å². The molecule has 2 rings (SSSR count). The second-order valence-electron chi connectivity index (χ2n) is 5.59. The highest BCUT2D eigenvalue weighted by atomic mass is 16.6. The maximum absolute atomic E-state index is 11.9. The zero-order valence-corrected chi connectivity index (χ0v) is 9.91. The standard InChI is InChI=1S/C11H20N2O2/c1-7-9-5-8(12-7)6-13(9)10(14)15-11(2,3)4/h7-9,12H,5-6H2,1-4H3/t7-,8-,9-/m0/s1. The first kappa shape index (κ1) is 10.7. The fourth-order valence-corrected chi connectivity index (χ4v) is 2.47. The minimum Gasteiger partial charge on any atom is -0.444 e. The Morgan fingerprint density at radius 3 is 2.60 bits per heavy atom. The van der Waals surface area contributed by atoms with Gasteiger partial charge in [0.05, 0.1) is 6.04 Å². The molecule has 2 fully saturated rings. The Kier molecular flexibility index (Phi) is 2.41.